The molecule has 0 bridgehead atoms. The van der Waals surface area contributed by atoms with Crippen molar-refractivity contribution in [1.82, 2.24) is 9.88 Å². The number of carbonyl (C=O) groups excluding carboxylic acids is 2. The van der Waals surface area contributed by atoms with Gasteiger partial charge >= 0.3 is 0 Å². The van der Waals surface area contributed by atoms with E-state index >= 15 is 0 Å². The Kier molecular flexibility index (Phi) is 7.59. The van der Waals surface area contributed by atoms with Gasteiger partial charge < -0.3 is 9.88 Å². The molecule has 0 aliphatic rings. The molecule has 0 aliphatic carbocycles. The summed E-state index contributed by atoms with van der Waals surface area (Å²) >= 11 is 0. The molecule has 0 aliphatic heterocycles. The van der Waals surface area contributed by atoms with Crippen LogP contribution in [0, 0.1) is 11.6 Å². The highest BCUT2D eigenvalue weighted by Gasteiger charge is 2.30. The van der Waals surface area contributed by atoms with Crippen LogP contribution < -0.4 is 5.32 Å². The van der Waals surface area contributed by atoms with Gasteiger partial charge in [-0.3, -0.25) is 9.59 Å². The standard InChI is InChI=1S/C29H26F2N2O4S/c1-18(2)33-25(17-34)26(20-6-10-22(30)11-7-20)27(21-8-12-23(31)13-9-21)28(33)29(35)32-16-19-4-14-24(15-5-19)38(3,36)37/h4-15,17-18H,16H2,1-3H3,(H,32,35). The third-order valence-corrected chi connectivity index (χ3v) is 7.29. The van der Waals surface area contributed by atoms with Gasteiger partial charge in [-0.05, 0) is 66.9 Å². The molecule has 196 valence electrons. The first-order valence-corrected chi connectivity index (χ1v) is 13.7. The lowest BCUT2D eigenvalue weighted by atomic mass is 9.94. The fourth-order valence-electron chi connectivity index (χ4n) is 4.41. The fraction of sp³-hybridized carbons (Fsp3) is 0.172. The summed E-state index contributed by atoms with van der Waals surface area (Å²) in [4.78, 5) is 26.3. The van der Waals surface area contributed by atoms with Crippen LogP contribution in [-0.2, 0) is 16.4 Å². The molecule has 0 radical (unpaired) electrons. The Hall–Kier alpha value is -4.11. The van der Waals surface area contributed by atoms with Crippen molar-refractivity contribution in [3.63, 3.8) is 0 Å². The molecule has 1 amide bonds. The normalized spacial score (nSPS) is 11.5. The number of benzene rings is 3. The Labute approximate surface area is 219 Å². The van der Waals surface area contributed by atoms with Crippen molar-refractivity contribution in [3.8, 4) is 22.3 Å². The number of sulfone groups is 1. The van der Waals surface area contributed by atoms with E-state index in [4.69, 9.17) is 0 Å². The van der Waals surface area contributed by atoms with E-state index in [1.807, 2.05) is 13.8 Å². The highest BCUT2D eigenvalue weighted by Crippen LogP contribution is 2.41. The minimum absolute atomic E-state index is 0.0946. The third kappa shape index (κ3) is 5.43. The number of aromatic nitrogens is 1. The van der Waals surface area contributed by atoms with E-state index in [1.165, 1.54) is 60.7 Å². The predicted octanol–water partition coefficient (Wildman–Crippen LogP) is 5.83. The maximum atomic E-state index is 13.8. The molecule has 3 aromatic carbocycles. The predicted molar refractivity (Wildman–Crippen MR) is 142 cm³/mol. The summed E-state index contributed by atoms with van der Waals surface area (Å²) in [5.41, 5.74) is 2.98. The Balaban J connectivity index is 1.86. The average Bonchev–Trinajstić information content (AvgIpc) is 3.23. The van der Waals surface area contributed by atoms with Crippen molar-refractivity contribution in [2.45, 2.75) is 31.3 Å². The summed E-state index contributed by atoms with van der Waals surface area (Å²) < 4.78 is 52.6. The zero-order valence-corrected chi connectivity index (χ0v) is 21.9. The second-order valence-corrected chi connectivity index (χ2v) is 11.2. The first-order chi connectivity index (χ1) is 18.0. The quantitative estimate of drug-likeness (QED) is 0.287. The van der Waals surface area contributed by atoms with Gasteiger partial charge in [0.05, 0.1) is 10.6 Å². The van der Waals surface area contributed by atoms with Crippen molar-refractivity contribution in [1.29, 1.82) is 0 Å². The van der Waals surface area contributed by atoms with Crippen molar-refractivity contribution < 1.29 is 26.8 Å². The van der Waals surface area contributed by atoms with E-state index in [0.29, 0.717) is 34.1 Å². The molecule has 0 spiro atoms. The molecule has 9 heteroatoms. The molecule has 0 unspecified atom stereocenters. The Morgan fingerprint density at radius 1 is 0.868 bits per heavy atom. The SMILES string of the molecule is CC(C)n1c(C=O)c(-c2ccc(F)cc2)c(-c2ccc(F)cc2)c1C(=O)NCc1ccc(S(C)(=O)=O)cc1. The first-order valence-electron chi connectivity index (χ1n) is 11.8. The van der Waals surface area contributed by atoms with Gasteiger partial charge in [-0.1, -0.05) is 36.4 Å². The van der Waals surface area contributed by atoms with Crippen LogP contribution in [0.3, 0.4) is 0 Å². The van der Waals surface area contributed by atoms with Gasteiger partial charge in [-0.15, -0.1) is 0 Å². The Morgan fingerprint density at radius 3 is 1.82 bits per heavy atom. The molecule has 1 aromatic heterocycles. The highest BCUT2D eigenvalue weighted by atomic mass is 32.2. The van der Waals surface area contributed by atoms with Crippen LogP contribution in [0.4, 0.5) is 8.78 Å². The average molecular weight is 537 g/mol. The lowest BCUT2D eigenvalue weighted by molar-refractivity contribution is 0.0940. The number of carbonyl (C=O) groups is 2. The molecule has 0 saturated heterocycles. The van der Waals surface area contributed by atoms with Gasteiger partial charge in [0.1, 0.15) is 17.3 Å². The van der Waals surface area contributed by atoms with Crippen molar-refractivity contribution in [3.05, 3.63) is 101 Å². The van der Waals surface area contributed by atoms with Crippen LogP contribution in [-0.4, -0.2) is 31.4 Å². The van der Waals surface area contributed by atoms with Crippen LogP contribution in [0.1, 0.15) is 46.4 Å². The van der Waals surface area contributed by atoms with Crippen LogP contribution >= 0.6 is 0 Å². The van der Waals surface area contributed by atoms with E-state index < -0.39 is 27.4 Å². The van der Waals surface area contributed by atoms with Crippen LogP contribution in [0.5, 0.6) is 0 Å². The number of aldehydes is 1. The number of rotatable bonds is 8. The van der Waals surface area contributed by atoms with Crippen molar-refractivity contribution >= 4 is 22.0 Å². The van der Waals surface area contributed by atoms with Gasteiger partial charge in [0.25, 0.3) is 5.91 Å². The summed E-state index contributed by atoms with van der Waals surface area (Å²) in [7, 11) is -3.36. The number of amides is 1. The molecule has 1 heterocycles. The van der Waals surface area contributed by atoms with E-state index in [9.17, 15) is 26.8 Å². The van der Waals surface area contributed by atoms with E-state index in [0.717, 1.165) is 6.26 Å². The second-order valence-electron chi connectivity index (χ2n) is 9.18. The lowest BCUT2D eigenvalue weighted by Gasteiger charge is -2.16. The van der Waals surface area contributed by atoms with E-state index in [-0.39, 0.29) is 28.9 Å². The van der Waals surface area contributed by atoms with Gasteiger partial charge in [0.2, 0.25) is 0 Å². The molecule has 4 rings (SSSR count). The molecular formula is C29H26F2N2O4S. The molecule has 0 atom stereocenters. The van der Waals surface area contributed by atoms with Crippen LogP contribution in [0.25, 0.3) is 22.3 Å². The van der Waals surface area contributed by atoms with Gasteiger partial charge in [0, 0.05) is 30.0 Å². The van der Waals surface area contributed by atoms with Gasteiger partial charge in [-0.25, -0.2) is 17.2 Å². The molecule has 0 fully saturated rings. The van der Waals surface area contributed by atoms with Crippen LogP contribution in [0.15, 0.2) is 77.7 Å². The summed E-state index contributed by atoms with van der Waals surface area (Å²) in [6.07, 6.45) is 1.77. The molecule has 1 N–H and O–H groups in total. The summed E-state index contributed by atoms with van der Waals surface area (Å²) in [6, 6.07) is 17.0. The van der Waals surface area contributed by atoms with Crippen LogP contribution in [0.2, 0.25) is 0 Å². The number of nitrogens with zero attached hydrogens (tertiary/aromatic N) is 1. The Bertz CT molecular complexity index is 1590. The largest absolute Gasteiger partial charge is 0.347 e. The van der Waals surface area contributed by atoms with Gasteiger partial charge in [0.15, 0.2) is 16.1 Å². The summed E-state index contributed by atoms with van der Waals surface area (Å²) in [5, 5.41) is 2.86. The number of hydrogen-bond acceptors (Lipinski definition) is 4. The van der Waals surface area contributed by atoms with Gasteiger partial charge in [-0.2, -0.15) is 0 Å². The fourth-order valence-corrected chi connectivity index (χ4v) is 5.04. The molecular weight excluding hydrogens is 510 g/mol. The van der Waals surface area contributed by atoms with Crippen molar-refractivity contribution in [2.24, 2.45) is 0 Å². The molecule has 4 aromatic rings. The zero-order valence-electron chi connectivity index (χ0n) is 21.0. The maximum absolute atomic E-state index is 13.8. The Morgan fingerprint density at radius 2 is 1.37 bits per heavy atom. The minimum atomic E-state index is -3.36. The minimum Gasteiger partial charge on any atom is -0.347 e. The highest BCUT2D eigenvalue weighted by molar-refractivity contribution is 7.90. The molecule has 0 saturated carbocycles. The number of hydrogen-bond donors (Lipinski definition) is 1. The zero-order chi connectivity index (χ0) is 27.6. The van der Waals surface area contributed by atoms with E-state index in [1.54, 1.807) is 16.7 Å². The summed E-state index contributed by atoms with van der Waals surface area (Å²) in [5.74, 6) is -1.39. The molecule has 6 nitrogen and oxygen atoms in total. The smallest absolute Gasteiger partial charge is 0.268 e. The number of halogens is 2. The third-order valence-electron chi connectivity index (χ3n) is 6.16. The number of nitrogens with one attached hydrogen (secondary N) is 1. The van der Waals surface area contributed by atoms with Crippen molar-refractivity contribution in [2.75, 3.05) is 6.26 Å². The maximum Gasteiger partial charge on any atom is 0.268 e. The topological polar surface area (TPSA) is 85.2 Å². The first kappa shape index (κ1) is 26.9. The monoisotopic (exact) mass is 536 g/mol. The molecule has 38 heavy (non-hydrogen) atoms. The summed E-state index contributed by atoms with van der Waals surface area (Å²) in [6.45, 7) is 3.75. The van der Waals surface area contributed by atoms with E-state index in [2.05, 4.69) is 5.32 Å². The lowest BCUT2D eigenvalue weighted by Crippen LogP contribution is -2.27. The second kappa shape index (κ2) is 10.7.